The average molecular weight is 487 g/mol. The summed E-state index contributed by atoms with van der Waals surface area (Å²) in [5.41, 5.74) is -0.922. The van der Waals surface area contributed by atoms with Gasteiger partial charge in [0, 0.05) is 13.5 Å². The van der Waals surface area contributed by atoms with Crippen molar-refractivity contribution in [3.63, 3.8) is 0 Å². The summed E-state index contributed by atoms with van der Waals surface area (Å²) in [5.74, 6) is -0.502. The first-order valence-electron chi connectivity index (χ1n) is 11.2. The maximum Gasteiger partial charge on any atom is 0.305 e. The summed E-state index contributed by atoms with van der Waals surface area (Å²) in [6.45, 7) is 2.52. The number of aliphatic hydroxyl groups is 1. The van der Waals surface area contributed by atoms with Gasteiger partial charge >= 0.3 is 5.97 Å². The smallest absolute Gasteiger partial charge is 0.305 e. The number of carbonyl (C=O) groups is 2. The van der Waals surface area contributed by atoms with Crippen LogP contribution in [0, 0.1) is 0 Å². The number of imidazole rings is 1. The van der Waals surface area contributed by atoms with Crippen molar-refractivity contribution in [1.82, 2.24) is 19.5 Å². The summed E-state index contributed by atoms with van der Waals surface area (Å²) in [6, 6.07) is 9.19. The van der Waals surface area contributed by atoms with Gasteiger partial charge in [-0.2, -0.15) is 9.97 Å². The molecule has 1 fully saturated rings. The molecule has 1 aromatic carbocycles. The number of amides is 1. The number of fused-ring (bicyclic) bond motifs is 1. The number of alkyl halides is 1. The number of aromatic nitrogens is 4. The van der Waals surface area contributed by atoms with Crippen molar-refractivity contribution in [2.45, 2.75) is 50.8 Å². The molecule has 1 saturated heterocycles. The molecule has 2 aromatic heterocycles. The standard InChI is InChI=1S/C23H27FN6O5/c1-4-16(32)34-11-14-18(33)23(2,24)21(35-14)30-12-26-17-19(25-3)28-22(29-20(17)30)27-15(31)10-13-8-6-5-7-9-13/h5-9,12,14,18,21,33H,4,10-11H2,1-3H3,(H2,25,27,28,29,31)/t14-,18-,21?,23-/m1/s1. The van der Waals surface area contributed by atoms with Crippen LogP contribution in [0.1, 0.15) is 32.1 Å². The summed E-state index contributed by atoms with van der Waals surface area (Å²) in [5, 5.41) is 16.1. The van der Waals surface area contributed by atoms with E-state index in [1.54, 1.807) is 14.0 Å². The summed E-state index contributed by atoms with van der Waals surface area (Å²) in [6.07, 6.45) is -2.38. The SMILES string of the molecule is CCC(=O)OC[C@H]1OC(n2cnc3c(NC)nc(NC(=O)Cc4ccccc4)nc32)[C@](C)(F)[C@@H]1O. The molecule has 35 heavy (non-hydrogen) atoms. The molecule has 0 saturated carbocycles. The molecule has 0 aliphatic carbocycles. The summed E-state index contributed by atoms with van der Waals surface area (Å²) in [4.78, 5) is 37.0. The predicted molar refractivity (Wildman–Crippen MR) is 124 cm³/mol. The van der Waals surface area contributed by atoms with Gasteiger partial charge in [-0.15, -0.1) is 0 Å². The highest BCUT2D eigenvalue weighted by Gasteiger charge is 2.55. The quantitative estimate of drug-likeness (QED) is 0.408. The van der Waals surface area contributed by atoms with Gasteiger partial charge in [0.05, 0.1) is 12.7 Å². The van der Waals surface area contributed by atoms with E-state index in [1.807, 2.05) is 30.3 Å². The first-order chi connectivity index (χ1) is 16.7. The van der Waals surface area contributed by atoms with E-state index in [2.05, 4.69) is 25.6 Å². The lowest BCUT2D eigenvalue weighted by Crippen LogP contribution is -2.41. The van der Waals surface area contributed by atoms with E-state index in [-0.39, 0.29) is 37.0 Å². The zero-order valence-corrected chi connectivity index (χ0v) is 19.6. The van der Waals surface area contributed by atoms with Crippen LogP contribution in [-0.2, 0) is 25.5 Å². The largest absolute Gasteiger partial charge is 0.463 e. The first kappa shape index (κ1) is 24.5. The Bertz CT molecular complexity index is 1220. The molecular weight excluding hydrogens is 459 g/mol. The molecule has 0 bridgehead atoms. The number of ether oxygens (including phenoxy) is 2. The van der Waals surface area contributed by atoms with Crippen LogP contribution in [0.4, 0.5) is 16.2 Å². The van der Waals surface area contributed by atoms with E-state index in [0.717, 1.165) is 5.56 Å². The number of aliphatic hydroxyl groups excluding tert-OH is 1. The highest BCUT2D eigenvalue weighted by molar-refractivity contribution is 5.92. The number of nitrogens with one attached hydrogen (secondary N) is 2. The molecule has 0 spiro atoms. The second-order valence-electron chi connectivity index (χ2n) is 8.34. The normalized spacial score (nSPS) is 23.9. The van der Waals surface area contributed by atoms with Crippen LogP contribution in [0.15, 0.2) is 36.7 Å². The van der Waals surface area contributed by atoms with Gasteiger partial charge < -0.3 is 19.9 Å². The number of hydrogen-bond acceptors (Lipinski definition) is 9. The van der Waals surface area contributed by atoms with E-state index in [9.17, 15) is 14.7 Å². The van der Waals surface area contributed by atoms with Gasteiger partial charge in [-0.1, -0.05) is 37.3 Å². The summed E-state index contributed by atoms with van der Waals surface area (Å²) >= 11 is 0. The van der Waals surface area contributed by atoms with E-state index in [4.69, 9.17) is 9.47 Å². The number of hydrogen-bond donors (Lipinski definition) is 3. The molecule has 11 nitrogen and oxygen atoms in total. The third-order valence-corrected chi connectivity index (χ3v) is 5.78. The Morgan fingerprint density at radius 1 is 1.29 bits per heavy atom. The molecule has 12 heteroatoms. The van der Waals surface area contributed by atoms with Crippen LogP contribution in [0.5, 0.6) is 0 Å². The number of anilines is 2. The predicted octanol–water partition coefficient (Wildman–Crippen LogP) is 1.99. The van der Waals surface area contributed by atoms with Crippen LogP contribution < -0.4 is 10.6 Å². The Morgan fingerprint density at radius 3 is 2.71 bits per heavy atom. The van der Waals surface area contributed by atoms with Crippen LogP contribution >= 0.6 is 0 Å². The molecular formula is C23H27FN6O5. The van der Waals surface area contributed by atoms with Crippen molar-refractivity contribution < 1.29 is 28.6 Å². The molecule has 3 aromatic rings. The Hall–Kier alpha value is -3.64. The van der Waals surface area contributed by atoms with E-state index >= 15 is 4.39 Å². The fourth-order valence-corrected chi connectivity index (χ4v) is 3.90. The second kappa shape index (κ2) is 9.92. The van der Waals surface area contributed by atoms with Crippen molar-refractivity contribution in [2.75, 3.05) is 24.3 Å². The number of nitrogens with zero attached hydrogens (tertiary/aromatic N) is 4. The van der Waals surface area contributed by atoms with Crippen molar-refractivity contribution in [2.24, 2.45) is 0 Å². The third-order valence-electron chi connectivity index (χ3n) is 5.78. The topological polar surface area (TPSA) is 140 Å². The van der Waals surface area contributed by atoms with Crippen LogP contribution in [-0.4, -0.2) is 68.0 Å². The van der Waals surface area contributed by atoms with Gasteiger partial charge in [-0.05, 0) is 12.5 Å². The van der Waals surface area contributed by atoms with Gasteiger partial charge in [-0.3, -0.25) is 19.5 Å². The lowest BCUT2D eigenvalue weighted by molar-refractivity contribution is -0.149. The molecule has 1 amide bonds. The number of benzene rings is 1. The lowest BCUT2D eigenvalue weighted by Gasteiger charge is -2.24. The molecule has 1 aliphatic rings. The van der Waals surface area contributed by atoms with Crippen molar-refractivity contribution in [3.8, 4) is 0 Å². The fraction of sp³-hybridized carbons (Fsp3) is 0.435. The second-order valence-corrected chi connectivity index (χ2v) is 8.34. The summed E-state index contributed by atoms with van der Waals surface area (Å²) in [7, 11) is 1.63. The zero-order chi connectivity index (χ0) is 25.2. The minimum Gasteiger partial charge on any atom is -0.463 e. The molecule has 1 aliphatic heterocycles. The van der Waals surface area contributed by atoms with E-state index < -0.39 is 30.1 Å². The Balaban J connectivity index is 1.62. The number of carbonyl (C=O) groups excluding carboxylic acids is 2. The number of rotatable bonds is 8. The molecule has 186 valence electrons. The van der Waals surface area contributed by atoms with Crippen LogP contribution in [0.3, 0.4) is 0 Å². The van der Waals surface area contributed by atoms with Gasteiger partial charge in [-0.25, -0.2) is 9.37 Å². The Morgan fingerprint density at radius 2 is 2.03 bits per heavy atom. The molecule has 1 unspecified atom stereocenters. The molecule has 3 N–H and O–H groups in total. The van der Waals surface area contributed by atoms with Crippen molar-refractivity contribution in [3.05, 3.63) is 42.2 Å². The maximum absolute atomic E-state index is 15.7. The Labute approximate surface area is 200 Å². The highest BCUT2D eigenvalue weighted by Crippen LogP contribution is 2.42. The summed E-state index contributed by atoms with van der Waals surface area (Å²) < 4.78 is 27.8. The molecule has 3 heterocycles. The van der Waals surface area contributed by atoms with Gasteiger partial charge in [0.1, 0.15) is 18.8 Å². The average Bonchev–Trinajstić information content (AvgIpc) is 3.35. The molecule has 4 atom stereocenters. The molecule has 4 rings (SSSR count). The number of esters is 1. The van der Waals surface area contributed by atoms with Crippen LogP contribution in [0.2, 0.25) is 0 Å². The van der Waals surface area contributed by atoms with E-state index in [1.165, 1.54) is 17.8 Å². The fourth-order valence-electron chi connectivity index (χ4n) is 3.90. The van der Waals surface area contributed by atoms with E-state index in [0.29, 0.717) is 11.3 Å². The van der Waals surface area contributed by atoms with Gasteiger partial charge in [0.25, 0.3) is 0 Å². The monoisotopic (exact) mass is 486 g/mol. The van der Waals surface area contributed by atoms with Gasteiger partial charge in [0.2, 0.25) is 11.9 Å². The maximum atomic E-state index is 15.7. The Kier molecular flexibility index (Phi) is 6.94. The molecule has 0 radical (unpaired) electrons. The van der Waals surface area contributed by atoms with Crippen LogP contribution in [0.25, 0.3) is 11.2 Å². The minimum absolute atomic E-state index is 0.00272. The van der Waals surface area contributed by atoms with Gasteiger partial charge in [0.15, 0.2) is 28.9 Å². The van der Waals surface area contributed by atoms with Crippen molar-refractivity contribution >= 4 is 34.8 Å². The third kappa shape index (κ3) is 4.93. The number of halogens is 1. The first-order valence-corrected chi connectivity index (χ1v) is 11.2. The lowest BCUT2D eigenvalue weighted by atomic mass is 9.98. The van der Waals surface area contributed by atoms with Crippen molar-refractivity contribution in [1.29, 1.82) is 0 Å². The minimum atomic E-state index is -2.25. The zero-order valence-electron chi connectivity index (χ0n) is 19.6. The highest BCUT2D eigenvalue weighted by atomic mass is 19.1.